The number of nitrogens with one attached hydrogen (secondary N) is 1. The Hall–Kier alpha value is -2.61. The Bertz CT molecular complexity index is 674. The van der Waals surface area contributed by atoms with E-state index in [1.54, 1.807) is 4.90 Å². The standard InChI is InChI=1S/C19H26N4O4/c1-27-18(25)13-16-19(26)20-7-8-23(16)14-17(24)22-11-9-21(10-12-22)15-5-3-2-4-6-15/h2-6,16H,7-14H2,1H3,(H,20,26). The minimum atomic E-state index is -0.652. The quantitative estimate of drug-likeness (QED) is 0.713. The molecule has 0 aliphatic carbocycles. The number of esters is 1. The average molecular weight is 374 g/mol. The number of carbonyl (C=O) groups excluding carboxylic acids is 3. The predicted molar refractivity (Wildman–Crippen MR) is 100 cm³/mol. The molecule has 3 rings (SSSR count). The van der Waals surface area contributed by atoms with Gasteiger partial charge < -0.3 is 19.9 Å². The minimum Gasteiger partial charge on any atom is -0.469 e. The molecule has 27 heavy (non-hydrogen) atoms. The molecule has 0 spiro atoms. The Morgan fingerprint density at radius 2 is 1.81 bits per heavy atom. The summed E-state index contributed by atoms with van der Waals surface area (Å²) in [6, 6.07) is 9.50. The molecule has 1 atom stereocenters. The summed E-state index contributed by atoms with van der Waals surface area (Å²) in [6.45, 7) is 4.02. The van der Waals surface area contributed by atoms with E-state index in [1.165, 1.54) is 7.11 Å². The lowest BCUT2D eigenvalue weighted by atomic mass is 10.1. The van der Waals surface area contributed by atoms with Crippen LogP contribution in [0.4, 0.5) is 5.69 Å². The average Bonchev–Trinajstić information content (AvgIpc) is 2.71. The van der Waals surface area contributed by atoms with Crippen LogP contribution in [-0.4, -0.2) is 86.5 Å². The second-order valence-electron chi connectivity index (χ2n) is 6.76. The van der Waals surface area contributed by atoms with E-state index in [0.29, 0.717) is 26.2 Å². The SMILES string of the molecule is COC(=O)CC1C(=O)NCCN1CC(=O)N1CCN(c2ccccc2)CC1. The van der Waals surface area contributed by atoms with E-state index in [0.717, 1.165) is 18.8 Å². The minimum absolute atomic E-state index is 0.00715. The van der Waals surface area contributed by atoms with E-state index in [2.05, 4.69) is 27.1 Å². The van der Waals surface area contributed by atoms with E-state index >= 15 is 0 Å². The first kappa shape index (κ1) is 19.2. The third-order valence-corrected chi connectivity index (χ3v) is 5.12. The second kappa shape index (κ2) is 8.85. The fourth-order valence-electron chi connectivity index (χ4n) is 3.54. The van der Waals surface area contributed by atoms with Crippen molar-refractivity contribution in [1.82, 2.24) is 15.1 Å². The molecule has 2 fully saturated rings. The summed E-state index contributed by atoms with van der Waals surface area (Å²) < 4.78 is 4.68. The van der Waals surface area contributed by atoms with Gasteiger partial charge in [0.1, 0.15) is 6.04 Å². The molecule has 0 aromatic heterocycles. The highest BCUT2D eigenvalue weighted by Crippen LogP contribution is 2.16. The highest BCUT2D eigenvalue weighted by Gasteiger charge is 2.34. The molecule has 0 bridgehead atoms. The number of rotatable bonds is 5. The Labute approximate surface area is 159 Å². The van der Waals surface area contributed by atoms with Crippen molar-refractivity contribution >= 4 is 23.5 Å². The summed E-state index contributed by atoms with van der Waals surface area (Å²) in [5, 5.41) is 2.75. The molecule has 2 heterocycles. The van der Waals surface area contributed by atoms with Crippen LogP contribution < -0.4 is 10.2 Å². The van der Waals surface area contributed by atoms with Gasteiger partial charge in [-0.05, 0) is 12.1 Å². The third kappa shape index (κ3) is 4.77. The zero-order valence-corrected chi connectivity index (χ0v) is 15.6. The number of ether oxygens (including phenoxy) is 1. The topological polar surface area (TPSA) is 82.2 Å². The molecule has 0 radical (unpaired) electrons. The maximum absolute atomic E-state index is 12.7. The Kier molecular flexibility index (Phi) is 6.28. The largest absolute Gasteiger partial charge is 0.469 e. The Morgan fingerprint density at radius 1 is 1.11 bits per heavy atom. The van der Waals surface area contributed by atoms with E-state index in [1.807, 2.05) is 23.1 Å². The number of para-hydroxylation sites is 1. The van der Waals surface area contributed by atoms with Crippen molar-refractivity contribution in [3.8, 4) is 0 Å². The number of amides is 2. The number of hydrogen-bond acceptors (Lipinski definition) is 6. The summed E-state index contributed by atoms with van der Waals surface area (Å²) in [4.78, 5) is 42.3. The molecule has 1 N–H and O–H groups in total. The maximum atomic E-state index is 12.7. The fourth-order valence-corrected chi connectivity index (χ4v) is 3.54. The normalized spacial score (nSPS) is 20.9. The molecule has 0 saturated carbocycles. The number of hydrogen-bond donors (Lipinski definition) is 1. The Morgan fingerprint density at radius 3 is 2.48 bits per heavy atom. The van der Waals surface area contributed by atoms with E-state index < -0.39 is 12.0 Å². The van der Waals surface area contributed by atoms with Crippen LogP contribution in [0.15, 0.2) is 30.3 Å². The number of benzene rings is 1. The van der Waals surface area contributed by atoms with Gasteiger partial charge in [0.05, 0.1) is 20.1 Å². The lowest BCUT2D eigenvalue weighted by molar-refractivity contribution is -0.147. The van der Waals surface area contributed by atoms with Gasteiger partial charge in [-0.15, -0.1) is 0 Å². The molecule has 8 heteroatoms. The van der Waals surface area contributed by atoms with Gasteiger partial charge in [0.2, 0.25) is 11.8 Å². The fraction of sp³-hybridized carbons (Fsp3) is 0.526. The third-order valence-electron chi connectivity index (χ3n) is 5.12. The summed E-state index contributed by atoms with van der Waals surface area (Å²) in [5.74, 6) is -0.688. The zero-order chi connectivity index (χ0) is 19.2. The monoisotopic (exact) mass is 374 g/mol. The lowest BCUT2D eigenvalue weighted by Gasteiger charge is -2.39. The molecule has 146 valence electrons. The molecular formula is C19H26N4O4. The maximum Gasteiger partial charge on any atom is 0.307 e. The van der Waals surface area contributed by atoms with Crippen LogP contribution in [0.25, 0.3) is 0 Å². The van der Waals surface area contributed by atoms with Gasteiger partial charge in [-0.3, -0.25) is 19.3 Å². The van der Waals surface area contributed by atoms with Gasteiger partial charge >= 0.3 is 5.97 Å². The summed E-state index contributed by atoms with van der Waals surface area (Å²) in [6.07, 6.45) is -0.0442. The van der Waals surface area contributed by atoms with Crippen LogP contribution in [0.2, 0.25) is 0 Å². The van der Waals surface area contributed by atoms with Gasteiger partial charge in [0.15, 0.2) is 0 Å². The lowest BCUT2D eigenvalue weighted by Crippen LogP contribution is -2.59. The molecule has 1 aromatic rings. The van der Waals surface area contributed by atoms with Crippen molar-refractivity contribution < 1.29 is 19.1 Å². The van der Waals surface area contributed by atoms with Gasteiger partial charge in [-0.1, -0.05) is 18.2 Å². The van der Waals surface area contributed by atoms with E-state index in [4.69, 9.17) is 0 Å². The molecule has 2 aliphatic heterocycles. The van der Waals surface area contributed by atoms with Crippen molar-refractivity contribution in [2.45, 2.75) is 12.5 Å². The summed E-state index contributed by atoms with van der Waals surface area (Å²) >= 11 is 0. The van der Waals surface area contributed by atoms with Gasteiger partial charge in [-0.2, -0.15) is 0 Å². The molecule has 2 amide bonds. The number of methoxy groups -OCH3 is 1. The first-order valence-corrected chi connectivity index (χ1v) is 9.25. The molecule has 1 aromatic carbocycles. The van der Waals surface area contributed by atoms with E-state index in [9.17, 15) is 14.4 Å². The molecule has 2 saturated heterocycles. The Balaban J connectivity index is 1.55. The molecular weight excluding hydrogens is 348 g/mol. The molecule has 8 nitrogen and oxygen atoms in total. The van der Waals surface area contributed by atoms with Crippen LogP contribution in [0.3, 0.4) is 0 Å². The smallest absolute Gasteiger partial charge is 0.307 e. The highest BCUT2D eigenvalue weighted by atomic mass is 16.5. The second-order valence-corrected chi connectivity index (χ2v) is 6.76. The van der Waals surface area contributed by atoms with Gasteiger partial charge in [0.25, 0.3) is 0 Å². The van der Waals surface area contributed by atoms with Crippen LogP contribution in [0, 0.1) is 0 Å². The van der Waals surface area contributed by atoms with Crippen LogP contribution in [0.1, 0.15) is 6.42 Å². The van der Waals surface area contributed by atoms with Crippen molar-refractivity contribution in [3.05, 3.63) is 30.3 Å². The van der Waals surface area contributed by atoms with Crippen molar-refractivity contribution in [2.75, 3.05) is 57.8 Å². The highest BCUT2D eigenvalue weighted by molar-refractivity contribution is 5.88. The first-order valence-electron chi connectivity index (χ1n) is 9.25. The van der Waals surface area contributed by atoms with Crippen LogP contribution in [0.5, 0.6) is 0 Å². The van der Waals surface area contributed by atoms with Crippen molar-refractivity contribution in [1.29, 1.82) is 0 Å². The number of carbonyl (C=O) groups is 3. The molecule has 2 aliphatic rings. The molecule has 1 unspecified atom stereocenters. The van der Waals surface area contributed by atoms with Crippen molar-refractivity contribution in [2.24, 2.45) is 0 Å². The predicted octanol–water partition coefficient (Wildman–Crippen LogP) is -0.301. The van der Waals surface area contributed by atoms with Gasteiger partial charge in [-0.25, -0.2) is 0 Å². The van der Waals surface area contributed by atoms with E-state index in [-0.39, 0.29) is 24.8 Å². The van der Waals surface area contributed by atoms with Crippen molar-refractivity contribution in [3.63, 3.8) is 0 Å². The van der Waals surface area contributed by atoms with Crippen LogP contribution >= 0.6 is 0 Å². The first-order chi connectivity index (χ1) is 13.1. The van der Waals surface area contributed by atoms with Gasteiger partial charge in [0, 0.05) is 45.0 Å². The number of piperazine rings is 2. The summed E-state index contributed by atoms with van der Waals surface area (Å²) in [7, 11) is 1.30. The van der Waals surface area contributed by atoms with Crippen LogP contribution in [-0.2, 0) is 19.1 Å². The zero-order valence-electron chi connectivity index (χ0n) is 15.6. The summed E-state index contributed by atoms with van der Waals surface area (Å²) in [5.41, 5.74) is 1.16. The number of nitrogens with zero attached hydrogens (tertiary/aromatic N) is 3. The number of anilines is 1.